The van der Waals surface area contributed by atoms with Gasteiger partial charge in [0, 0.05) is 32.5 Å². The van der Waals surface area contributed by atoms with Crippen molar-refractivity contribution in [3.63, 3.8) is 0 Å². The summed E-state index contributed by atoms with van der Waals surface area (Å²) in [6, 6.07) is 6.34. The number of nitrogens with two attached hydrogens (primary N) is 1. The zero-order valence-electron chi connectivity index (χ0n) is 12.7. The van der Waals surface area contributed by atoms with Crippen molar-refractivity contribution < 1.29 is 0 Å². The van der Waals surface area contributed by atoms with Gasteiger partial charge in [0.2, 0.25) is 0 Å². The summed E-state index contributed by atoms with van der Waals surface area (Å²) in [6.45, 7) is 0. The molecule has 22 heavy (non-hydrogen) atoms. The highest BCUT2D eigenvalue weighted by atomic mass is 35.5. The predicted molar refractivity (Wildman–Crippen MR) is 92.3 cm³/mol. The molecule has 1 aromatic carbocycles. The van der Waals surface area contributed by atoms with Crippen LogP contribution < -0.4 is 5.73 Å². The molecule has 0 radical (unpaired) electrons. The van der Waals surface area contributed by atoms with Gasteiger partial charge in [-0.05, 0) is 30.0 Å². The Labute approximate surface area is 135 Å². The van der Waals surface area contributed by atoms with E-state index >= 15 is 0 Å². The molecule has 2 aliphatic rings. The van der Waals surface area contributed by atoms with Gasteiger partial charge in [0.05, 0.1) is 5.69 Å². The molecule has 2 N–H and O–H groups in total. The lowest BCUT2D eigenvalue weighted by atomic mass is 10.00. The molecule has 0 saturated carbocycles. The number of hydrogen-bond acceptors (Lipinski definition) is 4. The number of halogens is 1. The number of nitrogens with zero attached hydrogens (tertiary/aromatic N) is 4. The Morgan fingerprint density at radius 3 is 3.05 bits per heavy atom. The van der Waals surface area contributed by atoms with Crippen LogP contribution in [0.4, 0.5) is 5.69 Å². The Bertz CT molecular complexity index is 650. The number of aliphatic imine (C=N–C) groups is 2. The summed E-state index contributed by atoms with van der Waals surface area (Å²) in [4.78, 5) is 8.69. The molecule has 0 spiro atoms. The Balaban J connectivity index is 1.77. The highest BCUT2D eigenvalue weighted by Gasteiger charge is 2.23. The average molecular weight is 318 g/mol. The molecule has 116 valence electrons. The van der Waals surface area contributed by atoms with E-state index in [2.05, 4.69) is 33.3 Å². The zero-order valence-corrected chi connectivity index (χ0v) is 13.4. The van der Waals surface area contributed by atoms with Crippen LogP contribution in [0.25, 0.3) is 0 Å². The fourth-order valence-electron chi connectivity index (χ4n) is 2.84. The molecule has 0 amide bonds. The number of aryl methyl sites for hydroxylation is 1. The molecule has 1 unspecified atom stereocenters. The van der Waals surface area contributed by atoms with E-state index in [9.17, 15) is 0 Å². The molecule has 0 aromatic heterocycles. The molecule has 1 atom stereocenters. The summed E-state index contributed by atoms with van der Waals surface area (Å²) in [7, 11) is 1.76. The molecule has 6 heteroatoms. The van der Waals surface area contributed by atoms with Crippen molar-refractivity contribution in [1.82, 2.24) is 5.01 Å². The van der Waals surface area contributed by atoms with Gasteiger partial charge in [0.15, 0.2) is 0 Å². The first-order valence-corrected chi connectivity index (χ1v) is 7.93. The van der Waals surface area contributed by atoms with E-state index in [1.165, 1.54) is 11.1 Å². The molecular weight excluding hydrogens is 298 g/mol. The Hall–Kier alpha value is -1.72. The van der Waals surface area contributed by atoms with Crippen LogP contribution in [-0.4, -0.2) is 35.4 Å². The lowest BCUT2D eigenvalue weighted by molar-refractivity contribution is 0.317. The molecule has 1 aromatic rings. The van der Waals surface area contributed by atoms with Crippen molar-refractivity contribution >= 4 is 34.5 Å². The molecular formula is C16H20ClN5. The largest absolute Gasteiger partial charge is 0.309 e. The zero-order chi connectivity index (χ0) is 15.5. The minimum Gasteiger partial charge on any atom is -0.309 e. The van der Waals surface area contributed by atoms with Crippen molar-refractivity contribution in [1.29, 1.82) is 0 Å². The Morgan fingerprint density at radius 2 is 2.23 bits per heavy atom. The third kappa shape index (κ3) is 3.20. The summed E-state index contributed by atoms with van der Waals surface area (Å²) in [6.07, 6.45) is 5.96. The first-order chi connectivity index (χ1) is 10.7. The fraction of sp³-hybridized carbons (Fsp3) is 0.438. The van der Waals surface area contributed by atoms with Crippen LogP contribution in [0, 0.1) is 0 Å². The minimum atomic E-state index is -0.266. The van der Waals surface area contributed by atoms with Crippen molar-refractivity contribution in [2.75, 3.05) is 7.05 Å². The topological polar surface area (TPSA) is 66.3 Å². The fourth-order valence-corrected chi connectivity index (χ4v) is 3.01. The van der Waals surface area contributed by atoms with Crippen LogP contribution in [0.1, 0.15) is 30.4 Å². The summed E-state index contributed by atoms with van der Waals surface area (Å²) < 4.78 is 0. The lowest BCUT2D eigenvalue weighted by Gasteiger charge is -2.30. The van der Waals surface area contributed by atoms with Crippen LogP contribution in [0.5, 0.6) is 0 Å². The van der Waals surface area contributed by atoms with Crippen LogP contribution in [-0.2, 0) is 12.8 Å². The van der Waals surface area contributed by atoms with E-state index in [1.807, 2.05) is 6.21 Å². The van der Waals surface area contributed by atoms with Crippen molar-refractivity contribution in [2.45, 2.75) is 38.3 Å². The van der Waals surface area contributed by atoms with Crippen LogP contribution in [0.2, 0.25) is 0 Å². The third-order valence-electron chi connectivity index (χ3n) is 3.97. The van der Waals surface area contributed by atoms with Crippen molar-refractivity contribution in [2.24, 2.45) is 20.8 Å². The Morgan fingerprint density at radius 1 is 1.36 bits per heavy atom. The van der Waals surface area contributed by atoms with Gasteiger partial charge in [-0.2, -0.15) is 5.10 Å². The van der Waals surface area contributed by atoms with Crippen molar-refractivity contribution in [3.05, 3.63) is 29.3 Å². The van der Waals surface area contributed by atoms with Gasteiger partial charge in [0.25, 0.3) is 0 Å². The first-order valence-electron chi connectivity index (χ1n) is 7.55. The van der Waals surface area contributed by atoms with Gasteiger partial charge in [-0.25, -0.2) is 5.01 Å². The number of rotatable bonds is 3. The minimum absolute atomic E-state index is 0.266. The third-order valence-corrected chi connectivity index (χ3v) is 4.23. The van der Waals surface area contributed by atoms with E-state index in [0.717, 1.165) is 37.2 Å². The van der Waals surface area contributed by atoms with Gasteiger partial charge in [0.1, 0.15) is 17.2 Å². The van der Waals surface area contributed by atoms with Gasteiger partial charge >= 0.3 is 0 Å². The number of hydrogen-bond donors (Lipinski definition) is 1. The molecule has 0 fully saturated rings. The van der Waals surface area contributed by atoms with Gasteiger partial charge in [-0.1, -0.05) is 23.7 Å². The molecule has 2 heterocycles. The molecule has 0 saturated heterocycles. The van der Waals surface area contributed by atoms with E-state index < -0.39 is 0 Å². The van der Waals surface area contributed by atoms with E-state index in [1.54, 1.807) is 12.1 Å². The predicted octanol–water partition coefficient (Wildman–Crippen LogP) is 2.84. The highest BCUT2D eigenvalue weighted by Crippen LogP contribution is 2.26. The maximum Gasteiger partial charge on any atom is 0.127 e. The second-order valence-corrected chi connectivity index (χ2v) is 5.98. The molecule has 0 bridgehead atoms. The monoisotopic (exact) mass is 317 g/mol. The van der Waals surface area contributed by atoms with E-state index in [4.69, 9.17) is 17.3 Å². The summed E-state index contributed by atoms with van der Waals surface area (Å²) in [5, 5.41) is 6.69. The van der Waals surface area contributed by atoms with E-state index in [-0.39, 0.29) is 6.17 Å². The number of hydrazone groups is 1. The second kappa shape index (κ2) is 6.58. The standard InChI is InChI=1S/C16H20ClN5/c1-19-16-7-6-14(17)21-22(16)15(18)10-11-4-5-13-12(9-11)3-2-8-20-13/h4-5,8-9,15H,2-3,6-7,10,18H2,1H3. The molecule has 5 nitrogen and oxygen atoms in total. The van der Waals surface area contributed by atoms with Crippen LogP contribution in [0.3, 0.4) is 0 Å². The van der Waals surface area contributed by atoms with Gasteiger partial charge in [-0.3, -0.25) is 9.98 Å². The molecule has 0 aliphatic carbocycles. The molecule has 3 rings (SSSR count). The number of fused-ring (bicyclic) bond motifs is 1. The quantitative estimate of drug-likeness (QED) is 0.931. The summed E-state index contributed by atoms with van der Waals surface area (Å²) >= 11 is 6.06. The lowest BCUT2D eigenvalue weighted by Crippen LogP contribution is -2.46. The highest BCUT2D eigenvalue weighted by molar-refractivity contribution is 6.65. The molecule has 2 aliphatic heterocycles. The van der Waals surface area contributed by atoms with Crippen molar-refractivity contribution in [3.8, 4) is 0 Å². The van der Waals surface area contributed by atoms with Gasteiger partial charge < -0.3 is 5.73 Å². The Kier molecular flexibility index (Phi) is 4.55. The smallest absolute Gasteiger partial charge is 0.127 e. The maximum atomic E-state index is 6.33. The number of amidine groups is 1. The summed E-state index contributed by atoms with van der Waals surface area (Å²) in [5.74, 6) is 0.888. The average Bonchev–Trinajstić information content (AvgIpc) is 2.54. The van der Waals surface area contributed by atoms with Crippen LogP contribution >= 0.6 is 11.6 Å². The van der Waals surface area contributed by atoms with Crippen LogP contribution in [0.15, 0.2) is 33.3 Å². The normalized spacial score (nSPS) is 20.8. The first kappa shape index (κ1) is 15.2. The van der Waals surface area contributed by atoms with E-state index in [0.29, 0.717) is 11.6 Å². The SMILES string of the molecule is CN=C1CCC(Cl)=NN1C(N)Cc1ccc2c(c1)CCC=N2. The summed E-state index contributed by atoms with van der Waals surface area (Å²) in [5.41, 5.74) is 9.88. The van der Waals surface area contributed by atoms with Gasteiger partial charge in [-0.15, -0.1) is 0 Å². The second-order valence-electron chi connectivity index (χ2n) is 5.55. The number of benzene rings is 1. The maximum absolute atomic E-state index is 6.33.